The summed E-state index contributed by atoms with van der Waals surface area (Å²) in [6, 6.07) is 7.85. The van der Waals surface area contributed by atoms with E-state index in [2.05, 4.69) is 0 Å². The van der Waals surface area contributed by atoms with Crippen molar-refractivity contribution in [2.75, 3.05) is 19.4 Å². The van der Waals surface area contributed by atoms with Gasteiger partial charge < -0.3 is 19.3 Å². The molecule has 0 heterocycles. The quantitative estimate of drug-likeness (QED) is 0.606. The maximum atomic E-state index is 13.1. The molecule has 0 radical (unpaired) electrons. The molecule has 0 saturated heterocycles. The Kier molecular flexibility index (Phi) is 7.01. The van der Waals surface area contributed by atoms with E-state index in [1.807, 2.05) is 0 Å². The van der Waals surface area contributed by atoms with Gasteiger partial charge in [0.1, 0.15) is 5.75 Å². The van der Waals surface area contributed by atoms with Gasteiger partial charge in [-0.15, -0.1) is 0 Å². The fraction of sp³-hybridized carbons (Fsp3) is 0.385. The van der Waals surface area contributed by atoms with Crippen molar-refractivity contribution in [3.8, 4) is 5.75 Å². The standard InChI is InChI=1S/C13H18O8P2/c1-20-22(18,9-7-12(14)15)23(19,10-8-13(16)17)21-11-5-3-2-4-6-11/h2-6H,7-10H2,1H3,(H,14,15)(H,16,17). The number of carbonyl (C=O) groups is 2. The summed E-state index contributed by atoms with van der Waals surface area (Å²) in [5.41, 5.74) is 0. The summed E-state index contributed by atoms with van der Waals surface area (Å²) in [4.78, 5) is 21.5. The van der Waals surface area contributed by atoms with Crippen LogP contribution in [0.2, 0.25) is 0 Å². The number of benzene rings is 1. The highest BCUT2D eigenvalue weighted by molar-refractivity contribution is 8.32. The van der Waals surface area contributed by atoms with Gasteiger partial charge in [0.2, 0.25) is 0 Å². The minimum absolute atomic E-state index is 0.147. The molecule has 0 amide bonds. The molecule has 0 aromatic heterocycles. The number of rotatable bonds is 10. The Balaban J connectivity index is 3.14. The fourth-order valence-electron chi connectivity index (χ4n) is 1.75. The maximum absolute atomic E-state index is 13.1. The first-order valence-electron chi connectivity index (χ1n) is 6.65. The normalized spacial score (nSPS) is 16.0. The monoisotopic (exact) mass is 364 g/mol. The van der Waals surface area contributed by atoms with E-state index in [1.54, 1.807) is 18.2 Å². The van der Waals surface area contributed by atoms with Gasteiger partial charge in [0.05, 0.1) is 19.0 Å². The Morgan fingerprint density at radius 2 is 1.43 bits per heavy atom. The maximum Gasteiger partial charge on any atom is 0.329 e. The lowest BCUT2D eigenvalue weighted by molar-refractivity contribution is -0.137. The van der Waals surface area contributed by atoms with Crippen molar-refractivity contribution in [2.24, 2.45) is 0 Å². The van der Waals surface area contributed by atoms with Crippen LogP contribution < -0.4 is 4.52 Å². The largest absolute Gasteiger partial charge is 0.481 e. The zero-order valence-corrected chi connectivity index (χ0v) is 14.2. The molecule has 0 aliphatic heterocycles. The van der Waals surface area contributed by atoms with Gasteiger partial charge in [0.15, 0.2) is 0 Å². The number of carboxylic acids is 2. The molecule has 0 bridgehead atoms. The number of hydrogen-bond donors (Lipinski definition) is 2. The van der Waals surface area contributed by atoms with Crippen LogP contribution in [0.15, 0.2) is 30.3 Å². The molecule has 1 rings (SSSR count). The Hall–Kier alpha value is -1.62. The third kappa shape index (κ3) is 5.50. The summed E-state index contributed by atoms with van der Waals surface area (Å²) in [5, 5.41) is 17.5. The van der Waals surface area contributed by atoms with Crippen molar-refractivity contribution in [3.63, 3.8) is 0 Å². The zero-order valence-electron chi connectivity index (χ0n) is 12.5. The number of hydrogen-bond acceptors (Lipinski definition) is 6. The molecule has 23 heavy (non-hydrogen) atoms. The topological polar surface area (TPSA) is 127 Å². The van der Waals surface area contributed by atoms with E-state index in [1.165, 1.54) is 12.1 Å². The zero-order chi connectivity index (χ0) is 17.5. The van der Waals surface area contributed by atoms with Gasteiger partial charge in [-0.25, -0.2) is 0 Å². The van der Waals surface area contributed by atoms with Gasteiger partial charge in [0.25, 0.3) is 7.06 Å². The van der Waals surface area contributed by atoms with Crippen molar-refractivity contribution in [3.05, 3.63) is 30.3 Å². The molecular weight excluding hydrogens is 346 g/mol. The van der Waals surface area contributed by atoms with E-state index in [4.69, 9.17) is 19.3 Å². The van der Waals surface area contributed by atoms with Crippen LogP contribution in [0.1, 0.15) is 12.8 Å². The van der Waals surface area contributed by atoms with Crippen molar-refractivity contribution >= 4 is 26.1 Å². The van der Waals surface area contributed by atoms with Crippen LogP contribution in [0.5, 0.6) is 5.75 Å². The summed E-state index contributed by atoms with van der Waals surface area (Å²) in [7, 11) is -7.05. The van der Waals surface area contributed by atoms with Crippen LogP contribution in [0, 0.1) is 0 Å². The first-order chi connectivity index (χ1) is 10.7. The van der Waals surface area contributed by atoms with Crippen molar-refractivity contribution in [1.29, 1.82) is 0 Å². The minimum Gasteiger partial charge on any atom is -0.481 e. The number of para-hydroxylation sites is 1. The number of carboxylic acid groups (broad SMARTS) is 2. The van der Waals surface area contributed by atoms with Crippen LogP contribution in [0.3, 0.4) is 0 Å². The van der Waals surface area contributed by atoms with Crippen LogP contribution in [0.25, 0.3) is 0 Å². The van der Waals surface area contributed by atoms with Crippen molar-refractivity contribution in [1.82, 2.24) is 0 Å². The Morgan fingerprint density at radius 1 is 0.957 bits per heavy atom. The molecule has 10 heteroatoms. The molecule has 2 atom stereocenters. The highest BCUT2D eigenvalue weighted by Crippen LogP contribution is 2.81. The molecule has 2 unspecified atom stereocenters. The Labute approximate surface area is 133 Å². The van der Waals surface area contributed by atoms with Crippen LogP contribution >= 0.6 is 14.1 Å². The van der Waals surface area contributed by atoms with E-state index in [0.717, 1.165) is 7.11 Å². The molecule has 0 fully saturated rings. The minimum atomic E-state index is -4.08. The van der Waals surface area contributed by atoms with Crippen molar-refractivity contribution in [2.45, 2.75) is 12.8 Å². The molecule has 2 N–H and O–H groups in total. The van der Waals surface area contributed by atoms with Gasteiger partial charge in [-0.1, -0.05) is 18.2 Å². The summed E-state index contributed by atoms with van der Waals surface area (Å²) in [6.45, 7) is 0. The average molecular weight is 364 g/mol. The van der Waals surface area contributed by atoms with Gasteiger partial charge in [-0.05, 0) is 12.1 Å². The first-order valence-corrected chi connectivity index (χ1v) is 11.0. The Bertz CT molecular complexity index is 643. The smallest absolute Gasteiger partial charge is 0.329 e. The highest BCUT2D eigenvalue weighted by Gasteiger charge is 2.47. The van der Waals surface area contributed by atoms with E-state index in [0.29, 0.717) is 0 Å². The van der Waals surface area contributed by atoms with E-state index in [9.17, 15) is 18.7 Å². The Morgan fingerprint density at radius 3 is 1.87 bits per heavy atom. The van der Waals surface area contributed by atoms with Crippen LogP contribution in [-0.4, -0.2) is 41.6 Å². The average Bonchev–Trinajstić information content (AvgIpc) is 2.51. The molecular formula is C13H18O8P2. The molecule has 0 saturated carbocycles. The van der Waals surface area contributed by atoms with E-state index < -0.39 is 51.2 Å². The highest BCUT2D eigenvalue weighted by atomic mass is 32.1. The van der Waals surface area contributed by atoms with Crippen LogP contribution in [0.4, 0.5) is 0 Å². The summed E-state index contributed by atoms with van der Waals surface area (Å²) in [6.07, 6.45) is -2.07. The molecule has 1 aromatic rings. The summed E-state index contributed by atoms with van der Waals surface area (Å²) < 4.78 is 36.2. The summed E-state index contributed by atoms with van der Waals surface area (Å²) in [5.74, 6) is -2.32. The third-order valence-electron chi connectivity index (χ3n) is 2.96. The van der Waals surface area contributed by atoms with E-state index in [-0.39, 0.29) is 5.75 Å². The first kappa shape index (κ1) is 19.4. The second kappa shape index (κ2) is 8.29. The molecule has 0 spiro atoms. The summed E-state index contributed by atoms with van der Waals surface area (Å²) >= 11 is 0. The van der Waals surface area contributed by atoms with Gasteiger partial charge in [-0.3, -0.25) is 18.7 Å². The second-order valence-electron chi connectivity index (χ2n) is 4.60. The lowest BCUT2D eigenvalue weighted by Gasteiger charge is -2.26. The van der Waals surface area contributed by atoms with Gasteiger partial charge >= 0.3 is 19.0 Å². The predicted molar refractivity (Wildman–Crippen MR) is 83.5 cm³/mol. The molecule has 0 aliphatic carbocycles. The molecule has 0 aliphatic rings. The molecule has 1 aromatic carbocycles. The third-order valence-corrected chi connectivity index (χ3v) is 11.3. The lowest BCUT2D eigenvalue weighted by Crippen LogP contribution is -2.09. The number of aliphatic carboxylic acids is 2. The molecule has 128 valence electrons. The van der Waals surface area contributed by atoms with Gasteiger partial charge in [0, 0.05) is 13.3 Å². The lowest BCUT2D eigenvalue weighted by atomic mass is 10.3. The van der Waals surface area contributed by atoms with Crippen molar-refractivity contribution < 1.29 is 38.0 Å². The fourth-order valence-corrected chi connectivity index (χ4v) is 8.23. The SMILES string of the molecule is COP(=O)(CCC(=O)O)P(=O)(CCC(=O)O)Oc1ccccc1. The second-order valence-corrected chi connectivity index (χ2v) is 12.2. The molecule has 8 nitrogen and oxygen atoms in total. The predicted octanol–water partition coefficient (Wildman–Crippen LogP) is 3.13. The van der Waals surface area contributed by atoms with Crippen LogP contribution in [-0.2, 0) is 23.2 Å². The van der Waals surface area contributed by atoms with E-state index >= 15 is 0 Å². The van der Waals surface area contributed by atoms with Gasteiger partial charge in [-0.2, -0.15) is 0 Å².